The Morgan fingerprint density at radius 2 is 1.84 bits per heavy atom. The summed E-state index contributed by atoms with van der Waals surface area (Å²) in [5, 5.41) is 0. The molecule has 0 heterocycles. The molecule has 19 heavy (non-hydrogen) atoms. The second-order valence-electron chi connectivity index (χ2n) is 5.18. The van der Waals surface area contributed by atoms with Crippen molar-refractivity contribution in [2.45, 2.75) is 43.7 Å². The SMILES string of the molecule is COC1(C(Cc2cc(F)cc(F)c2)NN)CCCC1. The van der Waals surface area contributed by atoms with Gasteiger partial charge in [0, 0.05) is 13.2 Å². The van der Waals surface area contributed by atoms with Crippen LogP contribution in [0, 0.1) is 11.6 Å². The van der Waals surface area contributed by atoms with E-state index < -0.39 is 11.6 Å². The van der Waals surface area contributed by atoms with Crippen LogP contribution in [0.4, 0.5) is 8.78 Å². The first-order valence-electron chi connectivity index (χ1n) is 6.56. The minimum Gasteiger partial charge on any atom is -0.377 e. The quantitative estimate of drug-likeness (QED) is 0.637. The molecule has 1 aromatic carbocycles. The number of nitrogens with one attached hydrogen (secondary N) is 1. The molecule has 1 saturated carbocycles. The summed E-state index contributed by atoms with van der Waals surface area (Å²) in [5.41, 5.74) is 3.00. The largest absolute Gasteiger partial charge is 0.377 e. The lowest BCUT2D eigenvalue weighted by molar-refractivity contribution is -0.0356. The van der Waals surface area contributed by atoms with E-state index in [-0.39, 0.29) is 11.6 Å². The van der Waals surface area contributed by atoms with Gasteiger partial charge in [-0.3, -0.25) is 11.3 Å². The van der Waals surface area contributed by atoms with Crippen LogP contribution >= 0.6 is 0 Å². The number of hydrogen-bond donors (Lipinski definition) is 2. The Bertz CT molecular complexity index is 413. The van der Waals surface area contributed by atoms with Gasteiger partial charge < -0.3 is 4.74 Å². The predicted molar refractivity (Wildman–Crippen MR) is 69.4 cm³/mol. The van der Waals surface area contributed by atoms with Crippen molar-refractivity contribution < 1.29 is 13.5 Å². The van der Waals surface area contributed by atoms with E-state index in [0.717, 1.165) is 31.7 Å². The highest BCUT2D eigenvalue weighted by atomic mass is 19.1. The van der Waals surface area contributed by atoms with E-state index >= 15 is 0 Å². The third kappa shape index (κ3) is 3.11. The topological polar surface area (TPSA) is 47.3 Å². The van der Waals surface area contributed by atoms with Gasteiger partial charge in [-0.25, -0.2) is 8.78 Å². The molecule has 0 bridgehead atoms. The summed E-state index contributed by atoms with van der Waals surface area (Å²) >= 11 is 0. The molecule has 1 atom stereocenters. The van der Waals surface area contributed by atoms with E-state index in [1.54, 1.807) is 7.11 Å². The maximum absolute atomic E-state index is 13.2. The first-order chi connectivity index (χ1) is 9.09. The zero-order valence-corrected chi connectivity index (χ0v) is 11.1. The highest BCUT2D eigenvalue weighted by molar-refractivity contribution is 5.20. The summed E-state index contributed by atoms with van der Waals surface area (Å²) in [6.07, 6.45) is 4.44. The Morgan fingerprint density at radius 1 is 1.26 bits per heavy atom. The zero-order chi connectivity index (χ0) is 13.9. The average molecular weight is 270 g/mol. The lowest BCUT2D eigenvalue weighted by Crippen LogP contribution is -2.54. The highest BCUT2D eigenvalue weighted by Gasteiger charge is 2.41. The average Bonchev–Trinajstić information content (AvgIpc) is 2.84. The van der Waals surface area contributed by atoms with Crippen LogP contribution in [0.15, 0.2) is 18.2 Å². The zero-order valence-electron chi connectivity index (χ0n) is 11.1. The Labute approximate surface area is 112 Å². The van der Waals surface area contributed by atoms with Gasteiger partial charge in [0.15, 0.2) is 0 Å². The molecule has 5 heteroatoms. The molecule has 2 rings (SSSR count). The van der Waals surface area contributed by atoms with Gasteiger partial charge in [0.1, 0.15) is 11.6 Å². The Hall–Kier alpha value is -1.04. The monoisotopic (exact) mass is 270 g/mol. The molecule has 0 amide bonds. The minimum atomic E-state index is -0.566. The molecule has 0 aromatic heterocycles. The van der Waals surface area contributed by atoms with Crippen LogP contribution in [0.5, 0.6) is 0 Å². The van der Waals surface area contributed by atoms with Crippen LogP contribution in [0.2, 0.25) is 0 Å². The minimum absolute atomic E-state index is 0.152. The van der Waals surface area contributed by atoms with Gasteiger partial charge in [-0.15, -0.1) is 0 Å². The Kier molecular flexibility index (Phi) is 4.50. The summed E-state index contributed by atoms with van der Waals surface area (Å²) in [6.45, 7) is 0. The standard InChI is InChI=1S/C14H20F2N2O/c1-19-14(4-2-3-5-14)13(18-17)8-10-6-11(15)9-12(16)7-10/h6-7,9,13,18H,2-5,8,17H2,1H3. The third-order valence-corrected chi connectivity index (χ3v) is 4.05. The van der Waals surface area contributed by atoms with Gasteiger partial charge in [0.25, 0.3) is 0 Å². The molecule has 3 N–H and O–H groups in total. The van der Waals surface area contributed by atoms with Crippen molar-refractivity contribution >= 4 is 0 Å². The smallest absolute Gasteiger partial charge is 0.126 e. The fraction of sp³-hybridized carbons (Fsp3) is 0.571. The predicted octanol–water partition coefficient (Wildman–Crippen LogP) is 2.30. The van der Waals surface area contributed by atoms with Crippen LogP contribution in [0.25, 0.3) is 0 Å². The summed E-state index contributed by atoms with van der Waals surface area (Å²) in [4.78, 5) is 0. The van der Waals surface area contributed by atoms with Crippen molar-refractivity contribution in [1.82, 2.24) is 5.43 Å². The lowest BCUT2D eigenvalue weighted by atomic mass is 9.87. The molecule has 0 aliphatic heterocycles. The molecule has 1 unspecified atom stereocenters. The summed E-state index contributed by atoms with van der Waals surface area (Å²) < 4.78 is 32.1. The molecular weight excluding hydrogens is 250 g/mol. The first kappa shape index (κ1) is 14.4. The molecule has 106 valence electrons. The van der Waals surface area contributed by atoms with E-state index in [2.05, 4.69) is 5.43 Å². The number of hydrogen-bond acceptors (Lipinski definition) is 3. The third-order valence-electron chi connectivity index (χ3n) is 4.05. The molecule has 3 nitrogen and oxygen atoms in total. The van der Waals surface area contributed by atoms with E-state index in [1.165, 1.54) is 12.1 Å². The van der Waals surface area contributed by atoms with Gasteiger partial charge in [0.05, 0.1) is 11.6 Å². The van der Waals surface area contributed by atoms with Gasteiger partial charge in [0.2, 0.25) is 0 Å². The summed E-state index contributed by atoms with van der Waals surface area (Å²) in [7, 11) is 1.67. The molecule has 1 fully saturated rings. The summed E-state index contributed by atoms with van der Waals surface area (Å²) in [5.74, 6) is 4.49. The number of halogens is 2. The van der Waals surface area contributed by atoms with Crippen LogP contribution in [-0.2, 0) is 11.2 Å². The maximum atomic E-state index is 13.2. The maximum Gasteiger partial charge on any atom is 0.126 e. The number of nitrogens with two attached hydrogens (primary N) is 1. The second kappa shape index (κ2) is 5.94. The molecule has 0 spiro atoms. The second-order valence-corrected chi connectivity index (χ2v) is 5.18. The van der Waals surface area contributed by atoms with Crippen LogP contribution in [-0.4, -0.2) is 18.8 Å². The van der Waals surface area contributed by atoms with Gasteiger partial charge in [-0.05, 0) is 37.0 Å². The van der Waals surface area contributed by atoms with Crippen molar-refractivity contribution in [3.8, 4) is 0 Å². The van der Waals surface area contributed by atoms with Crippen molar-refractivity contribution in [3.05, 3.63) is 35.4 Å². The fourth-order valence-corrected chi connectivity index (χ4v) is 3.03. The number of hydrazine groups is 1. The Balaban J connectivity index is 2.18. The normalized spacial score (nSPS) is 19.6. The number of ether oxygens (including phenoxy) is 1. The molecule has 0 radical (unpaired) electrons. The van der Waals surface area contributed by atoms with Crippen molar-refractivity contribution in [2.75, 3.05) is 7.11 Å². The van der Waals surface area contributed by atoms with Crippen molar-refractivity contribution in [1.29, 1.82) is 0 Å². The number of methoxy groups -OCH3 is 1. The molecule has 0 saturated heterocycles. The van der Waals surface area contributed by atoms with Crippen LogP contribution in [0.1, 0.15) is 31.2 Å². The fourth-order valence-electron chi connectivity index (χ4n) is 3.03. The number of benzene rings is 1. The molecular formula is C14H20F2N2O. The van der Waals surface area contributed by atoms with E-state index in [4.69, 9.17) is 10.6 Å². The van der Waals surface area contributed by atoms with Crippen molar-refractivity contribution in [2.24, 2.45) is 5.84 Å². The Morgan fingerprint density at radius 3 is 2.32 bits per heavy atom. The van der Waals surface area contributed by atoms with Gasteiger partial charge >= 0.3 is 0 Å². The van der Waals surface area contributed by atoms with E-state index in [1.807, 2.05) is 0 Å². The molecule has 1 aromatic rings. The van der Waals surface area contributed by atoms with Crippen molar-refractivity contribution in [3.63, 3.8) is 0 Å². The highest BCUT2D eigenvalue weighted by Crippen LogP contribution is 2.36. The van der Waals surface area contributed by atoms with Gasteiger partial charge in [-0.2, -0.15) is 0 Å². The van der Waals surface area contributed by atoms with Gasteiger partial charge in [-0.1, -0.05) is 12.8 Å². The lowest BCUT2D eigenvalue weighted by Gasteiger charge is -2.36. The van der Waals surface area contributed by atoms with E-state index in [9.17, 15) is 8.78 Å². The summed E-state index contributed by atoms with van der Waals surface area (Å²) in [6, 6.07) is 3.40. The van der Waals surface area contributed by atoms with Crippen LogP contribution in [0.3, 0.4) is 0 Å². The van der Waals surface area contributed by atoms with E-state index in [0.29, 0.717) is 12.0 Å². The number of rotatable bonds is 5. The van der Waals surface area contributed by atoms with Crippen LogP contribution < -0.4 is 11.3 Å². The molecule has 1 aliphatic rings. The first-order valence-corrected chi connectivity index (χ1v) is 6.56. The molecule has 1 aliphatic carbocycles.